The van der Waals surface area contributed by atoms with Gasteiger partial charge in [-0.25, -0.2) is 4.98 Å². The highest BCUT2D eigenvalue weighted by molar-refractivity contribution is 9.10. The van der Waals surface area contributed by atoms with Gasteiger partial charge in [-0.15, -0.1) is 11.3 Å². The number of hydrogen-bond donors (Lipinski definition) is 1. The molecule has 14 heavy (non-hydrogen) atoms. The van der Waals surface area contributed by atoms with E-state index >= 15 is 0 Å². The van der Waals surface area contributed by atoms with E-state index in [1.165, 1.54) is 0 Å². The zero-order valence-corrected chi connectivity index (χ0v) is 10.7. The Morgan fingerprint density at radius 2 is 2.43 bits per heavy atom. The molecular formula is C10H14BrNOS. The molecule has 1 N–H and O–H groups in total. The molecule has 0 saturated heterocycles. The van der Waals surface area contributed by atoms with Crippen molar-refractivity contribution in [2.75, 3.05) is 0 Å². The second-order valence-electron chi connectivity index (χ2n) is 4.07. The second-order valence-corrected chi connectivity index (χ2v) is 5.74. The Labute approximate surface area is 96.5 Å². The SMILES string of the molecule is CCC(O)(c1nc(Br)cs1)C1CC1C. The molecule has 0 aliphatic heterocycles. The zero-order valence-electron chi connectivity index (χ0n) is 8.33. The molecule has 1 aromatic heterocycles. The molecular weight excluding hydrogens is 262 g/mol. The Balaban J connectivity index is 2.28. The van der Waals surface area contributed by atoms with Gasteiger partial charge in [0.05, 0.1) is 0 Å². The van der Waals surface area contributed by atoms with E-state index in [0.717, 1.165) is 22.5 Å². The zero-order chi connectivity index (χ0) is 10.3. The van der Waals surface area contributed by atoms with Crippen molar-refractivity contribution < 1.29 is 5.11 Å². The van der Waals surface area contributed by atoms with Gasteiger partial charge >= 0.3 is 0 Å². The Morgan fingerprint density at radius 3 is 2.79 bits per heavy atom. The number of hydrogen-bond acceptors (Lipinski definition) is 3. The standard InChI is InChI=1S/C10H14BrNOS/c1-3-10(13,7-4-6(7)2)9-12-8(11)5-14-9/h5-7,13H,3-4H2,1-2H3. The summed E-state index contributed by atoms with van der Waals surface area (Å²) in [6, 6.07) is 0. The highest BCUT2D eigenvalue weighted by atomic mass is 79.9. The third kappa shape index (κ3) is 1.64. The molecule has 1 fully saturated rings. The molecule has 1 aliphatic rings. The van der Waals surface area contributed by atoms with Gasteiger partial charge in [-0.3, -0.25) is 0 Å². The number of aromatic nitrogens is 1. The van der Waals surface area contributed by atoms with Crippen molar-refractivity contribution in [1.29, 1.82) is 0 Å². The van der Waals surface area contributed by atoms with E-state index < -0.39 is 5.60 Å². The monoisotopic (exact) mass is 275 g/mol. The maximum atomic E-state index is 10.5. The number of rotatable bonds is 3. The molecule has 0 amide bonds. The number of nitrogens with zero attached hydrogens (tertiary/aromatic N) is 1. The quantitative estimate of drug-likeness (QED) is 0.920. The third-order valence-corrected chi connectivity index (χ3v) is 4.83. The van der Waals surface area contributed by atoms with E-state index in [0.29, 0.717) is 11.8 Å². The summed E-state index contributed by atoms with van der Waals surface area (Å²) in [7, 11) is 0. The minimum atomic E-state index is -0.684. The van der Waals surface area contributed by atoms with E-state index in [2.05, 4.69) is 27.8 Å². The molecule has 1 aromatic rings. The lowest BCUT2D eigenvalue weighted by atomic mass is 9.94. The minimum Gasteiger partial charge on any atom is -0.382 e. The molecule has 2 rings (SSSR count). The first-order valence-electron chi connectivity index (χ1n) is 4.91. The fourth-order valence-electron chi connectivity index (χ4n) is 2.01. The number of aliphatic hydroxyl groups is 1. The summed E-state index contributed by atoms with van der Waals surface area (Å²) < 4.78 is 0.831. The van der Waals surface area contributed by atoms with Crippen LogP contribution in [0.2, 0.25) is 0 Å². The predicted octanol–water partition coefficient (Wildman–Crippen LogP) is 3.16. The van der Waals surface area contributed by atoms with E-state index in [9.17, 15) is 5.11 Å². The van der Waals surface area contributed by atoms with Gasteiger partial charge in [0.25, 0.3) is 0 Å². The van der Waals surface area contributed by atoms with Crippen LogP contribution in [0.3, 0.4) is 0 Å². The Hall–Kier alpha value is 0.0700. The molecule has 78 valence electrons. The van der Waals surface area contributed by atoms with Crippen LogP contribution in [0.25, 0.3) is 0 Å². The molecule has 3 atom stereocenters. The fraction of sp³-hybridized carbons (Fsp3) is 0.700. The van der Waals surface area contributed by atoms with Crippen LogP contribution in [-0.2, 0) is 5.60 Å². The summed E-state index contributed by atoms with van der Waals surface area (Å²) in [5, 5.41) is 13.3. The smallest absolute Gasteiger partial charge is 0.126 e. The molecule has 4 heteroatoms. The Kier molecular flexibility index (Phi) is 2.70. The maximum Gasteiger partial charge on any atom is 0.126 e. The van der Waals surface area contributed by atoms with Crippen LogP contribution in [0.15, 0.2) is 9.98 Å². The van der Waals surface area contributed by atoms with E-state index in [-0.39, 0.29) is 0 Å². The molecule has 3 unspecified atom stereocenters. The van der Waals surface area contributed by atoms with Crippen LogP contribution >= 0.6 is 27.3 Å². The Bertz CT molecular complexity index is 341. The molecule has 2 nitrogen and oxygen atoms in total. The average Bonchev–Trinajstić information content (AvgIpc) is 2.73. The topological polar surface area (TPSA) is 33.1 Å². The molecule has 0 aromatic carbocycles. The summed E-state index contributed by atoms with van der Waals surface area (Å²) in [4.78, 5) is 4.33. The van der Waals surface area contributed by atoms with E-state index in [1.807, 2.05) is 12.3 Å². The van der Waals surface area contributed by atoms with Gasteiger partial charge in [-0.05, 0) is 40.6 Å². The van der Waals surface area contributed by atoms with Gasteiger partial charge in [0, 0.05) is 5.38 Å². The van der Waals surface area contributed by atoms with Crippen LogP contribution in [0.4, 0.5) is 0 Å². The van der Waals surface area contributed by atoms with Crippen LogP contribution < -0.4 is 0 Å². The van der Waals surface area contributed by atoms with Crippen molar-refractivity contribution in [1.82, 2.24) is 4.98 Å². The fourth-order valence-corrected chi connectivity index (χ4v) is 3.50. The van der Waals surface area contributed by atoms with Gasteiger partial charge in [0.1, 0.15) is 15.2 Å². The van der Waals surface area contributed by atoms with Crippen molar-refractivity contribution >= 4 is 27.3 Å². The normalized spacial score (nSPS) is 30.0. The molecule has 1 saturated carbocycles. The summed E-state index contributed by atoms with van der Waals surface area (Å²) in [6.07, 6.45) is 1.88. The summed E-state index contributed by atoms with van der Waals surface area (Å²) in [6.45, 7) is 4.22. The van der Waals surface area contributed by atoms with Crippen LogP contribution in [0.5, 0.6) is 0 Å². The van der Waals surface area contributed by atoms with Crippen molar-refractivity contribution in [2.24, 2.45) is 11.8 Å². The van der Waals surface area contributed by atoms with Gasteiger partial charge in [-0.2, -0.15) is 0 Å². The maximum absolute atomic E-state index is 10.5. The van der Waals surface area contributed by atoms with Crippen LogP contribution in [0.1, 0.15) is 31.7 Å². The van der Waals surface area contributed by atoms with Crippen molar-refractivity contribution in [3.05, 3.63) is 15.0 Å². The lowest BCUT2D eigenvalue weighted by Gasteiger charge is -2.24. The molecule has 1 heterocycles. The Morgan fingerprint density at radius 1 is 1.79 bits per heavy atom. The molecule has 1 aliphatic carbocycles. The summed E-state index contributed by atoms with van der Waals surface area (Å²) in [5.41, 5.74) is -0.684. The third-order valence-electron chi connectivity index (χ3n) is 3.11. The second kappa shape index (κ2) is 3.58. The van der Waals surface area contributed by atoms with Gasteiger partial charge < -0.3 is 5.11 Å². The van der Waals surface area contributed by atoms with Crippen molar-refractivity contribution in [2.45, 2.75) is 32.3 Å². The first-order chi connectivity index (χ1) is 6.58. The van der Waals surface area contributed by atoms with E-state index in [1.54, 1.807) is 11.3 Å². The lowest BCUT2D eigenvalue weighted by molar-refractivity contribution is 0.00408. The average molecular weight is 276 g/mol. The van der Waals surface area contributed by atoms with Gasteiger partial charge in [0.2, 0.25) is 0 Å². The molecule has 0 spiro atoms. The van der Waals surface area contributed by atoms with Gasteiger partial charge in [0.15, 0.2) is 0 Å². The highest BCUT2D eigenvalue weighted by Gasteiger charge is 2.51. The summed E-state index contributed by atoms with van der Waals surface area (Å²) in [5.74, 6) is 1.05. The van der Waals surface area contributed by atoms with Gasteiger partial charge in [-0.1, -0.05) is 13.8 Å². The van der Waals surface area contributed by atoms with Crippen LogP contribution in [-0.4, -0.2) is 10.1 Å². The minimum absolute atomic E-state index is 0.408. The number of thiazole rings is 1. The first-order valence-corrected chi connectivity index (χ1v) is 6.59. The predicted molar refractivity (Wildman–Crippen MR) is 61.3 cm³/mol. The van der Waals surface area contributed by atoms with Crippen LogP contribution in [0, 0.1) is 11.8 Å². The van der Waals surface area contributed by atoms with Crippen molar-refractivity contribution in [3.63, 3.8) is 0 Å². The van der Waals surface area contributed by atoms with Crippen molar-refractivity contribution in [3.8, 4) is 0 Å². The lowest BCUT2D eigenvalue weighted by Crippen LogP contribution is -2.28. The largest absolute Gasteiger partial charge is 0.382 e. The highest BCUT2D eigenvalue weighted by Crippen LogP contribution is 2.52. The molecule has 0 radical (unpaired) electrons. The van der Waals surface area contributed by atoms with E-state index in [4.69, 9.17) is 0 Å². The number of halogens is 1. The molecule has 0 bridgehead atoms. The summed E-state index contributed by atoms with van der Waals surface area (Å²) >= 11 is 4.87. The first kappa shape index (κ1) is 10.6.